The number of aliphatic hydroxyl groups is 3. The van der Waals surface area contributed by atoms with Gasteiger partial charge in [-0.3, -0.25) is 14.5 Å². The number of phenols is 1. The lowest BCUT2D eigenvalue weighted by Gasteiger charge is -2.48. The molecule has 0 bridgehead atoms. The number of nitrogens with two attached hydrogens (primary N) is 1. The second kappa shape index (κ2) is 10.4. The number of primary amides is 1. The minimum atomic E-state index is -1.97. The first kappa shape index (κ1) is 28.3. The first-order chi connectivity index (χ1) is 20.0. The molecule has 4 unspecified atom stereocenters. The molecule has 0 radical (unpaired) electrons. The number of amides is 1. The van der Waals surface area contributed by atoms with E-state index in [2.05, 4.69) is 11.0 Å². The van der Waals surface area contributed by atoms with Crippen LogP contribution in [0.25, 0.3) is 11.1 Å². The Balaban J connectivity index is 1.44. The predicted molar refractivity (Wildman–Crippen MR) is 153 cm³/mol. The van der Waals surface area contributed by atoms with Crippen molar-refractivity contribution in [3.63, 3.8) is 0 Å². The van der Waals surface area contributed by atoms with Gasteiger partial charge in [-0.1, -0.05) is 12.1 Å². The van der Waals surface area contributed by atoms with E-state index >= 15 is 0 Å². The molecule has 1 amide bonds. The van der Waals surface area contributed by atoms with E-state index in [-0.39, 0.29) is 40.4 Å². The van der Waals surface area contributed by atoms with Crippen LogP contribution in [0.5, 0.6) is 11.5 Å². The van der Waals surface area contributed by atoms with Gasteiger partial charge >= 0.3 is 0 Å². The normalized spacial score (nSPS) is 27.8. The highest BCUT2D eigenvalue weighted by molar-refractivity contribution is 6.14. The number of ketones is 1. The van der Waals surface area contributed by atoms with Gasteiger partial charge in [0, 0.05) is 37.2 Å². The molecular weight excluding hydrogens is 540 g/mol. The van der Waals surface area contributed by atoms with Crippen molar-refractivity contribution in [1.29, 1.82) is 0 Å². The molecule has 42 heavy (non-hydrogen) atoms. The summed E-state index contributed by atoms with van der Waals surface area (Å²) in [7, 11) is 1.59. The number of benzene rings is 2. The third kappa shape index (κ3) is 4.45. The van der Waals surface area contributed by atoms with Crippen LogP contribution in [-0.4, -0.2) is 76.0 Å². The minimum Gasteiger partial charge on any atom is -0.512 e. The van der Waals surface area contributed by atoms with Crippen LogP contribution in [0.15, 0.2) is 53.0 Å². The zero-order valence-electron chi connectivity index (χ0n) is 23.7. The van der Waals surface area contributed by atoms with E-state index < -0.39 is 35.0 Å². The van der Waals surface area contributed by atoms with Crippen molar-refractivity contribution in [2.75, 3.05) is 33.4 Å². The van der Waals surface area contributed by atoms with Crippen molar-refractivity contribution in [2.45, 2.75) is 38.3 Å². The van der Waals surface area contributed by atoms with Crippen molar-refractivity contribution < 1.29 is 39.5 Å². The van der Waals surface area contributed by atoms with Crippen LogP contribution in [0, 0.1) is 17.8 Å². The number of aliphatic hydroxyl groups excluding tert-OH is 2. The molecule has 3 aliphatic carbocycles. The summed E-state index contributed by atoms with van der Waals surface area (Å²) >= 11 is 0. The van der Waals surface area contributed by atoms with Gasteiger partial charge in [-0.05, 0) is 66.5 Å². The highest BCUT2D eigenvalue weighted by atomic mass is 16.5. The summed E-state index contributed by atoms with van der Waals surface area (Å²) in [4.78, 5) is 28.5. The molecule has 0 aromatic heterocycles. The molecule has 1 saturated heterocycles. The molecule has 222 valence electrons. The summed E-state index contributed by atoms with van der Waals surface area (Å²) in [5.41, 5.74) is 6.65. The highest BCUT2D eigenvalue weighted by Gasteiger charge is 2.55. The molecule has 6 N–H and O–H groups in total. The molecule has 4 atom stereocenters. The Morgan fingerprint density at radius 2 is 1.86 bits per heavy atom. The molecule has 1 heterocycles. The van der Waals surface area contributed by atoms with Crippen molar-refractivity contribution in [1.82, 2.24) is 4.90 Å². The van der Waals surface area contributed by atoms with Crippen molar-refractivity contribution in [3.8, 4) is 22.6 Å². The maximum absolute atomic E-state index is 14.1. The monoisotopic (exact) mass is 576 g/mol. The quantitative estimate of drug-likeness (QED) is 0.360. The van der Waals surface area contributed by atoms with Gasteiger partial charge in [-0.15, -0.1) is 0 Å². The Hall–Kier alpha value is -3.86. The Labute approximate surface area is 243 Å². The van der Waals surface area contributed by atoms with Gasteiger partial charge < -0.3 is 35.6 Å². The van der Waals surface area contributed by atoms with Gasteiger partial charge in [0.1, 0.15) is 28.6 Å². The van der Waals surface area contributed by atoms with Gasteiger partial charge in [0.15, 0.2) is 5.78 Å². The average Bonchev–Trinajstić information content (AvgIpc) is 2.92. The number of ether oxygens (including phenoxy) is 2. The number of nitrogens with zero attached hydrogens (tertiary/aromatic N) is 1. The third-order valence-corrected chi connectivity index (χ3v) is 9.42. The van der Waals surface area contributed by atoms with Crippen LogP contribution in [0.1, 0.15) is 41.3 Å². The Morgan fingerprint density at radius 1 is 1.12 bits per heavy atom. The number of hydrogen-bond acceptors (Lipinski definition) is 9. The van der Waals surface area contributed by atoms with Crippen LogP contribution >= 0.6 is 0 Å². The zero-order chi connectivity index (χ0) is 29.9. The summed E-state index contributed by atoms with van der Waals surface area (Å²) in [6.07, 6.45) is 0.767. The van der Waals surface area contributed by atoms with E-state index in [1.165, 1.54) is 13.0 Å². The van der Waals surface area contributed by atoms with Gasteiger partial charge in [0.2, 0.25) is 0 Å². The molecular formula is C32H36N2O8. The van der Waals surface area contributed by atoms with E-state index in [4.69, 9.17) is 15.2 Å². The molecule has 2 aromatic rings. The van der Waals surface area contributed by atoms with Crippen molar-refractivity contribution in [2.24, 2.45) is 23.5 Å². The topological polar surface area (TPSA) is 163 Å². The molecule has 1 fully saturated rings. The number of carbonyl (C=O) groups excluding carboxylic acids is 2. The lowest BCUT2D eigenvalue weighted by atomic mass is 9.58. The number of aromatic hydroxyl groups is 1. The van der Waals surface area contributed by atoms with Crippen molar-refractivity contribution >= 4 is 11.7 Å². The fraction of sp³-hybridized carbons (Fsp3) is 0.438. The maximum Gasteiger partial charge on any atom is 0.250 e. The standard InChI is InChI=1S/C32H36N2O8/c1-32(40)27-18(14-23(36)28(32)31(33)39)12-17-13-21-19(4-5-22(35)26(21)29(37)25(17)30(27)38)20-11-16(3-6-24(20)41-2)15-34-7-9-42-10-8-34/h3-6,11,17-18,27,35-36,38,40H,7-10,12-15H2,1-2H3,(H2,33,39). The van der Waals surface area contributed by atoms with Crippen LogP contribution < -0.4 is 10.5 Å². The van der Waals surface area contributed by atoms with Crippen LogP contribution in [0.3, 0.4) is 0 Å². The summed E-state index contributed by atoms with van der Waals surface area (Å²) in [5, 5.41) is 44.4. The van der Waals surface area contributed by atoms with E-state index in [0.717, 1.165) is 36.3 Å². The average molecular weight is 577 g/mol. The van der Waals surface area contributed by atoms with E-state index in [9.17, 15) is 30.0 Å². The first-order valence-electron chi connectivity index (χ1n) is 14.3. The third-order valence-electron chi connectivity index (χ3n) is 9.42. The Kier molecular flexibility index (Phi) is 7.03. The number of Topliss-reactive ketones (excluding diaryl/α,β-unsaturated/α-hetero) is 1. The first-order valence-corrected chi connectivity index (χ1v) is 14.3. The molecule has 1 aliphatic heterocycles. The number of methoxy groups -OCH3 is 1. The predicted octanol–water partition coefficient (Wildman–Crippen LogP) is 3.16. The Bertz CT molecular complexity index is 1540. The van der Waals surface area contributed by atoms with E-state index in [1.807, 2.05) is 12.1 Å². The van der Waals surface area contributed by atoms with Crippen LogP contribution in [0.2, 0.25) is 0 Å². The lowest BCUT2D eigenvalue weighted by Crippen LogP contribution is -2.52. The molecule has 6 rings (SSSR count). The van der Waals surface area contributed by atoms with E-state index in [1.54, 1.807) is 13.2 Å². The maximum atomic E-state index is 14.1. The molecule has 4 aliphatic rings. The Morgan fingerprint density at radius 3 is 2.55 bits per heavy atom. The van der Waals surface area contributed by atoms with Gasteiger partial charge in [-0.25, -0.2) is 0 Å². The number of morpholine rings is 1. The molecule has 10 nitrogen and oxygen atoms in total. The van der Waals surface area contributed by atoms with E-state index in [0.29, 0.717) is 37.4 Å². The number of carbonyl (C=O) groups is 2. The summed E-state index contributed by atoms with van der Waals surface area (Å²) < 4.78 is 11.2. The summed E-state index contributed by atoms with van der Waals surface area (Å²) in [6.45, 7) is 5.11. The molecule has 0 spiro atoms. The minimum absolute atomic E-state index is 0.0400. The number of allylic oxidation sites excluding steroid dienone is 2. The number of hydrogen-bond donors (Lipinski definition) is 5. The second-order valence-electron chi connectivity index (χ2n) is 11.9. The largest absolute Gasteiger partial charge is 0.512 e. The molecule has 10 heteroatoms. The van der Waals surface area contributed by atoms with Gasteiger partial charge in [0.05, 0.1) is 37.4 Å². The number of phenolic OH excluding ortho intramolecular Hbond substituents is 1. The summed E-state index contributed by atoms with van der Waals surface area (Å²) in [5.74, 6) is -3.55. The fourth-order valence-corrected chi connectivity index (χ4v) is 7.64. The number of fused-ring (bicyclic) bond motifs is 3. The molecule has 0 saturated carbocycles. The van der Waals surface area contributed by atoms with Crippen LogP contribution in [-0.2, 0) is 22.5 Å². The lowest BCUT2D eigenvalue weighted by molar-refractivity contribution is -0.119. The number of rotatable bonds is 5. The fourth-order valence-electron chi connectivity index (χ4n) is 7.64. The summed E-state index contributed by atoms with van der Waals surface area (Å²) in [6, 6.07) is 9.25. The van der Waals surface area contributed by atoms with Crippen molar-refractivity contribution in [3.05, 3.63) is 69.7 Å². The smallest absolute Gasteiger partial charge is 0.250 e. The zero-order valence-corrected chi connectivity index (χ0v) is 23.7. The second-order valence-corrected chi connectivity index (χ2v) is 11.9. The van der Waals surface area contributed by atoms with Crippen LogP contribution in [0.4, 0.5) is 0 Å². The highest BCUT2D eigenvalue weighted by Crippen LogP contribution is 2.54. The van der Waals surface area contributed by atoms with Gasteiger partial charge in [-0.2, -0.15) is 0 Å². The van der Waals surface area contributed by atoms with Gasteiger partial charge in [0.25, 0.3) is 5.91 Å². The molecule has 2 aromatic carbocycles. The SMILES string of the molecule is COc1ccc(CN2CCOCC2)cc1-c1ccc(O)c2c1CC1CC3CC(O)=C(C(N)=O)C(C)(O)C3C(O)=C1C2=O.